The largest absolute Gasteiger partial charge is 0.463 e. The van der Waals surface area contributed by atoms with Gasteiger partial charge >= 0.3 is 23.9 Å². The van der Waals surface area contributed by atoms with E-state index >= 15 is 0 Å². The van der Waals surface area contributed by atoms with Crippen LogP contribution in [0.2, 0.25) is 0 Å². The minimum Gasteiger partial charge on any atom is -0.463 e. The average molecular weight is 487 g/mol. The van der Waals surface area contributed by atoms with Crippen LogP contribution in [0.3, 0.4) is 0 Å². The van der Waals surface area contributed by atoms with Crippen LogP contribution in [0.25, 0.3) is 0 Å². The van der Waals surface area contributed by atoms with Gasteiger partial charge in [0.15, 0.2) is 12.2 Å². The third kappa shape index (κ3) is 18.3. The molecule has 2 atom stereocenters. The predicted octanol–water partition coefficient (Wildman–Crippen LogP) is 5.44. The molecule has 0 rings (SSSR count). The molecule has 8 nitrogen and oxygen atoms in total. The highest BCUT2D eigenvalue weighted by atomic mass is 16.6. The molecule has 0 aromatic carbocycles. The fourth-order valence-electron chi connectivity index (χ4n) is 3.16. The van der Waals surface area contributed by atoms with Crippen molar-refractivity contribution in [1.29, 1.82) is 0 Å². The Bertz CT molecular complexity index is 525. The minimum atomic E-state index is -1.04. The van der Waals surface area contributed by atoms with Gasteiger partial charge in [-0.15, -0.1) is 0 Å². The van der Waals surface area contributed by atoms with Crippen LogP contribution in [0.15, 0.2) is 0 Å². The van der Waals surface area contributed by atoms with Crippen molar-refractivity contribution in [3.8, 4) is 0 Å². The van der Waals surface area contributed by atoms with Gasteiger partial charge in [-0.05, 0) is 26.7 Å². The molecule has 0 saturated heterocycles. The summed E-state index contributed by atoms with van der Waals surface area (Å²) in [5, 5.41) is 0. The molecule has 0 fully saturated rings. The number of ether oxygens (including phenoxy) is 4. The zero-order valence-electron chi connectivity index (χ0n) is 21.7. The standard InChI is InChI=1S/C26H46O8/c1-5-7-9-11-13-15-19-31-25(29)21(3)33-23(27)17-18-24(28)34-22(4)26(30)32-20-16-14-12-10-8-6-2/h21-22H,5-20H2,1-4H3/t21-,22-/m1/s1. The molecule has 0 heterocycles. The molecule has 0 amide bonds. The molecule has 34 heavy (non-hydrogen) atoms. The van der Waals surface area contributed by atoms with Crippen LogP contribution in [0.1, 0.15) is 118 Å². The maximum Gasteiger partial charge on any atom is 0.347 e. The predicted molar refractivity (Wildman–Crippen MR) is 129 cm³/mol. The van der Waals surface area contributed by atoms with E-state index in [1.165, 1.54) is 52.4 Å². The minimum absolute atomic E-state index is 0.257. The normalized spacial score (nSPS) is 12.5. The van der Waals surface area contributed by atoms with Gasteiger partial charge in [0, 0.05) is 0 Å². The van der Waals surface area contributed by atoms with E-state index in [1.54, 1.807) is 0 Å². The summed E-state index contributed by atoms with van der Waals surface area (Å²) in [6.45, 7) is 7.77. The lowest BCUT2D eigenvalue weighted by Crippen LogP contribution is -2.28. The molecule has 0 spiro atoms. The first-order valence-corrected chi connectivity index (χ1v) is 13.0. The molecule has 198 valence electrons. The third-order valence-corrected chi connectivity index (χ3v) is 5.30. The Balaban J connectivity index is 3.91. The highest BCUT2D eigenvalue weighted by molar-refractivity contribution is 5.83. The van der Waals surface area contributed by atoms with E-state index in [-0.39, 0.29) is 12.8 Å². The summed E-state index contributed by atoms with van der Waals surface area (Å²) in [6, 6.07) is 0. The van der Waals surface area contributed by atoms with Gasteiger partial charge in [-0.25, -0.2) is 9.59 Å². The first kappa shape index (κ1) is 31.9. The highest BCUT2D eigenvalue weighted by Crippen LogP contribution is 2.08. The van der Waals surface area contributed by atoms with Crippen molar-refractivity contribution in [2.45, 2.75) is 130 Å². The fourth-order valence-corrected chi connectivity index (χ4v) is 3.16. The molecule has 0 saturated carbocycles. The molecule has 0 aromatic heterocycles. The maximum atomic E-state index is 11.9. The van der Waals surface area contributed by atoms with E-state index in [0.717, 1.165) is 38.5 Å². The van der Waals surface area contributed by atoms with Crippen molar-refractivity contribution in [2.75, 3.05) is 13.2 Å². The number of carbonyl (C=O) groups is 4. The van der Waals surface area contributed by atoms with Gasteiger partial charge in [0.1, 0.15) is 0 Å². The van der Waals surface area contributed by atoms with Gasteiger partial charge in [0.25, 0.3) is 0 Å². The Morgan fingerprint density at radius 2 is 0.853 bits per heavy atom. The van der Waals surface area contributed by atoms with E-state index in [2.05, 4.69) is 13.8 Å². The molecule has 0 aliphatic heterocycles. The Labute approximate surface area is 205 Å². The Kier molecular flexibility index (Phi) is 20.1. The van der Waals surface area contributed by atoms with E-state index in [1.807, 2.05) is 0 Å². The molecule has 0 unspecified atom stereocenters. The van der Waals surface area contributed by atoms with E-state index in [4.69, 9.17) is 18.9 Å². The molecule has 0 bridgehead atoms. The topological polar surface area (TPSA) is 105 Å². The van der Waals surface area contributed by atoms with Crippen molar-refractivity contribution >= 4 is 23.9 Å². The molecule has 0 radical (unpaired) electrons. The quantitative estimate of drug-likeness (QED) is 0.120. The summed E-state index contributed by atoms with van der Waals surface area (Å²) in [4.78, 5) is 47.6. The van der Waals surface area contributed by atoms with Crippen LogP contribution in [0.4, 0.5) is 0 Å². The first-order chi connectivity index (χ1) is 16.3. The molecular formula is C26H46O8. The lowest BCUT2D eigenvalue weighted by atomic mass is 10.1. The van der Waals surface area contributed by atoms with Crippen LogP contribution in [-0.2, 0) is 38.1 Å². The average Bonchev–Trinajstić information content (AvgIpc) is 2.81. The zero-order valence-corrected chi connectivity index (χ0v) is 21.7. The van der Waals surface area contributed by atoms with E-state index in [0.29, 0.717) is 13.2 Å². The first-order valence-electron chi connectivity index (χ1n) is 13.0. The maximum absolute atomic E-state index is 11.9. The number of esters is 4. The zero-order chi connectivity index (χ0) is 25.6. The Morgan fingerprint density at radius 1 is 0.529 bits per heavy atom. The van der Waals surface area contributed by atoms with Crippen molar-refractivity contribution in [2.24, 2.45) is 0 Å². The number of unbranched alkanes of at least 4 members (excludes halogenated alkanes) is 10. The Hall–Kier alpha value is -2.12. The Morgan fingerprint density at radius 3 is 1.21 bits per heavy atom. The summed E-state index contributed by atoms with van der Waals surface area (Å²) in [5.41, 5.74) is 0. The number of hydrogen-bond acceptors (Lipinski definition) is 8. The fraction of sp³-hybridized carbons (Fsp3) is 0.846. The van der Waals surface area contributed by atoms with Crippen LogP contribution in [0, 0.1) is 0 Å². The lowest BCUT2D eigenvalue weighted by molar-refractivity contribution is -0.169. The van der Waals surface area contributed by atoms with E-state index in [9.17, 15) is 19.2 Å². The number of carbonyl (C=O) groups excluding carboxylic acids is 4. The second-order valence-corrected chi connectivity index (χ2v) is 8.63. The molecular weight excluding hydrogens is 440 g/mol. The van der Waals surface area contributed by atoms with Crippen LogP contribution >= 0.6 is 0 Å². The summed E-state index contributed by atoms with van der Waals surface area (Å²) in [6.07, 6.45) is 10.3. The van der Waals surface area contributed by atoms with Crippen molar-refractivity contribution in [3.63, 3.8) is 0 Å². The summed E-state index contributed by atoms with van der Waals surface area (Å²) in [5.74, 6) is -2.63. The SMILES string of the molecule is CCCCCCCCOC(=O)[C@@H](C)OC(=O)CCC(=O)O[C@H](C)C(=O)OCCCCCCCC. The van der Waals surface area contributed by atoms with Crippen LogP contribution in [-0.4, -0.2) is 49.3 Å². The molecule has 8 heteroatoms. The molecule has 0 aliphatic rings. The summed E-state index contributed by atoms with van der Waals surface area (Å²) < 4.78 is 20.3. The second kappa shape index (κ2) is 21.4. The summed E-state index contributed by atoms with van der Waals surface area (Å²) in [7, 11) is 0. The number of rotatable bonds is 21. The van der Waals surface area contributed by atoms with Gasteiger partial charge in [-0.3, -0.25) is 9.59 Å². The van der Waals surface area contributed by atoms with Crippen LogP contribution < -0.4 is 0 Å². The van der Waals surface area contributed by atoms with E-state index < -0.39 is 36.1 Å². The van der Waals surface area contributed by atoms with Crippen LogP contribution in [0.5, 0.6) is 0 Å². The summed E-state index contributed by atoms with van der Waals surface area (Å²) >= 11 is 0. The van der Waals surface area contributed by atoms with Crippen molar-refractivity contribution in [1.82, 2.24) is 0 Å². The van der Waals surface area contributed by atoms with Gasteiger partial charge in [0.05, 0.1) is 26.1 Å². The lowest BCUT2D eigenvalue weighted by Gasteiger charge is -2.14. The monoisotopic (exact) mass is 486 g/mol. The molecule has 0 aliphatic carbocycles. The smallest absolute Gasteiger partial charge is 0.347 e. The molecule has 0 aromatic rings. The van der Waals surface area contributed by atoms with Gasteiger partial charge < -0.3 is 18.9 Å². The number of hydrogen-bond donors (Lipinski definition) is 0. The van der Waals surface area contributed by atoms with Gasteiger partial charge in [-0.2, -0.15) is 0 Å². The molecule has 0 N–H and O–H groups in total. The third-order valence-electron chi connectivity index (χ3n) is 5.30. The second-order valence-electron chi connectivity index (χ2n) is 8.63. The van der Waals surface area contributed by atoms with Crippen molar-refractivity contribution < 1.29 is 38.1 Å². The highest BCUT2D eigenvalue weighted by Gasteiger charge is 2.22. The van der Waals surface area contributed by atoms with Gasteiger partial charge in [0.2, 0.25) is 0 Å². The van der Waals surface area contributed by atoms with Crippen molar-refractivity contribution in [3.05, 3.63) is 0 Å². The van der Waals surface area contributed by atoms with Gasteiger partial charge in [-0.1, -0.05) is 78.1 Å².